The Kier molecular flexibility index (Phi) is 5.49. The predicted molar refractivity (Wildman–Crippen MR) is 118 cm³/mol. The molecule has 0 aliphatic carbocycles. The average Bonchev–Trinajstić information content (AvgIpc) is 3.08. The summed E-state index contributed by atoms with van der Waals surface area (Å²) in [4.78, 5) is 49.9. The topological polar surface area (TPSA) is 128 Å². The van der Waals surface area contributed by atoms with Gasteiger partial charge in [0.05, 0.1) is 41.6 Å². The molecule has 33 heavy (non-hydrogen) atoms. The van der Waals surface area contributed by atoms with Gasteiger partial charge in [0.2, 0.25) is 0 Å². The minimum Gasteiger partial charge on any atom is -0.497 e. The van der Waals surface area contributed by atoms with Crippen LogP contribution in [0.4, 0.5) is 17.1 Å². The molecule has 4 rings (SSSR count). The number of ether oxygens (including phenoxy) is 2. The molecule has 0 saturated heterocycles. The number of hydrogen-bond donors (Lipinski definition) is 1. The molecule has 1 aliphatic heterocycles. The van der Waals surface area contributed by atoms with Gasteiger partial charge in [-0.05, 0) is 36.4 Å². The van der Waals surface area contributed by atoms with Crippen LogP contribution in [0.1, 0.15) is 31.1 Å². The van der Waals surface area contributed by atoms with E-state index in [1.807, 2.05) is 0 Å². The van der Waals surface area contributed by atoms with Gasteiger partial charge in [0.25, 0.3) is 23.4 Å². The number of fused-ring (bicyclic) bond motifs is 1. The number of benzene rings is 3. The number of carbonyl (C=O) groups is 3. The number of non-ortho nitro benzene ring substituents is 1. The lowest BCUT2D eigenvalue weighted by atomic mass is 10.1. The number of anilines is 2. The number of rotatable bonds is 6. The molecule has 0 fully saturated rings. The van der Waals surface area contributed by atoms with Crippen LogP contribution in [0, 0.1) is 10.1 Å². The zero-order valence-electron chi connectivity index (χ0n) is 17.5. The Balaban J connectivity index is 1.64. The minimum atomic E-state index is -0.677. The van der Waals surface area contributed by atoms with Crippen LogP contribution in [0.15, 0.2) is 60.7 Å². The van der Waals surface area contributed by atoms with Crippen molar-refractivity contribution < 1.29 is 28.8 Å². The van der Waals surface area contributed by atoms with Gasteiger partial charge in [0.15, 0.2) is 0 Å². The summed E-state index contributed by atoms with van der Waals surface area (Å²) in [6.45, 7) is 0. The molecular weight excluding hydrogens is 430 g/mol. The van der Waals surface area contributed by atoms with Crippen molar-refractivity contribution >= 4 is 34.8 Å². The van der Waals surface area contributed by atoms with E-state index in [1.165, 1.54) is 50.6 Å². The third kappa shape index (κ3) is 3.85. The van der Waals surface area contributed by atoms with Gasteiger partial charge < -0.3 is 14.8 Å². The number of nitrogens with one attached hydrogen (secondary N) is 1. The second-order valence-electron chi connectivity index (χ2n) is 7.00. The van der Waals surface area contributed by atoms with Crippen LogP contribution in [0.25, 0.3) is 0 Å². The summed E-state index contributed by atoms with van der Waals surface area (Å²) in [5, 5.41) is 13.8. The lowest BCUT2D eigenvalue weighted by Gasteiger charge is -2.13. The summed E-state index contributed by atoms with van der Waals surface area (Å²) in [6.07, 6.45) is 0. The fraction of sp³-hybridized carbons (Fsp3) is 0.0870. The maximum absolute atomic E-state index is 13.0. The van der Waals surface area contributed by atoms with E-state index in [0.717, 1.165) is 11.0 Å². The normalized spacial score (nSPS) is 12.4. The van der Waals surface area contributed by atoms with Crippen molar-refractivity contribution in [3.8, 4) is 11.5 Å². The first kappa shape index (κ1) is 21.5. The van der Waals surface area contributed by atoms with Crippen LogP contribution in [0.3, 0.4) is 0 Å². The van der Waals surface area contributed by atoms with Crippen LogP contribution in [0.2, 0.25) is 0 Å². The third-order valence-electron chi connectivity index (χ3n) is 5.10. The fourth-order valence-electron chi connectivity index (χ4n) is 3.47. The standard InChI is InChI=1S/C23H17N3O7/c1-32-16-7-9-20(33-2)19(12-16)24-21(27)13-6-8-17-18(10-13)23(29)25(22(17)28)14-4-3-5-15(11-14)26(30)31/h3-12H,1-2H3,(H,24,27). The quantitative estimate of drug-likeness (QED) is 0.347. The smallest absolute Gasteiger partial charge is 0.271 e. The van der Waals surface area contributed by atoms with Crippen LogP contribution in [-0.4, -0.2) is 36.9 Å². The molecule has 3 amide bonds. The van der Waals surface area contributed by atoms with Crippen LogP contribution in [-0.2, 0) is 0 Å². The molecule has 10 heteroatoms. The summed E-state index contributed by atoms with van der Waals surface area (Å²) in [5.41, 5.74) is 0.446. The van der Waals surface area contributed by atoms with Crippen molar-refractivity contribution in [3.05, 3.63) is 87.5 Å². The summed E-state index contributed by atoms with van der Waals surface area (Å²) < 4.78 is 10.4. The minimum absolute atomic E-state index is 0.0248. The van der Waals surface area contributed by atoms with Gasteiger partial charge in [-0.25, -0.2) is 4.90 Å². The Hall–Kier alpha value is -4.73. The van der Waals surface area contributed by atoms with Crippen molar-refractivity contribution in [1.82, 2.24) is 0 Å². The van der Waals surface area contributed by atoms with Crippen molar-refractivity contribution in [2.24, 2.45) is 0 Å². The zero-order chi connectivity index (χ0) is 23.7. The molecule has 10 nitrogen and oxygen atoms in total. The first-order valence-electron chi connectivity index (χ1n) is 9.64. The molecule has 166 valence electrons. The highest BCUT2D eigenvalue weighted by molar-refractivity contribution is 6.34. The summed E-state index contributed by atoms with van der Waals surface area (Å²) in [7, 11) is 2.95. The second kappa shape index (κ2) is 8.42. The summed E-state index contributed by atoms with van der Waals surface area (Å²) in [6, 6.07) is 14.2. The van der Waals surface area contributed by atoms with Crippen LogP contribution >= 0.6 is 0 Å². The van der Waals surface area contributed by atoms with Crippen LogP contribution in [0.5, 0.6) is 11.5 Å². The van der Waals surface area contributed by atoms with Gasteiger partial charge in [-0.15, -0.1) is 0 Å². The second-order valence-corrected chi connectivity index (χ2v) is 7.00. The van der Waals surface area contributed by atoms with Gasteiger partial charge in [-0.1, -0.05) is 6.07 Å². The Bertz CT molecular complexity index is 1320. The number of amides is 3. The van der Waals surface area contributed by atoms with E-state index in [-0.39, 0.29) is 28.1 Å². The van der Waals surface area contributed by atoms with Gasteiger partial charge in [0, 0.05) is 23.8 Å². The highest BCUT2D eigenvalue weighted by Crippen LogP contribution is 2.32. The van der Waals surface area contributed by atoms with E-state index in [4.69, 9.17) is 9.47 Å². The summed E-state index contributed by atoms with van der Waals surface area (Å²) >= 11 is 0. The molecule has 0 spiro atoms. The van der Waals surface area contributed by atoms with Crippen LogP contribution < -0.4 is 19.7 Å². The molecule has 0 aromatic heterocycles. The number of nitrogens with zero attached hydrogens (tertiary/aromatic N) is 2. The van der Waals surface area contributed by atoms with E-state index >= 15 is 0 Å². The van der Waals surface area contributed by atoms with E-state index in [1.54, 1.807) is 18.2 Å². The largest absolute Gasteiger partial charge is 0.497 e. The Morgan fingerprint density at radius 1 is 0.939 bits per heavy atom. The monoisotopic (exact) mass is 447 g/mol. The first-order valence-corrected chi connectivity index (χ1v) is 9.64. The van der Waals surface area contributed by atoms with Gasteiger partial charge in [-0.2, -0.15) is 0 Å². The van der Waals surface area contributed by atoms with E-state index in [9.17, 15) is 24.5 Å². The Morgan fingerprint density at radius 3 is 2.39 bits per heavy atom. The SMILES string of the molecule is COc1ccc(OC)c(NC(=O)c2ccc3c(c2)C(=O)N(c2cccc([N+](=O)[O-])c2)C3=O)c1. The highest BCUT2D eigenvalue weighted by atomic mass is 16.6. The molecule has 1 aliphatic rings. The van der Waals surface area contributed by atoms with Crippen molar-refractivity contribution in [3.63, 3.8) is 0 Å². The molecular formula is C23H17N3O7. The van der Waals surface area contributed by atoms with Gasteiger partial charge >= 0.3 is 0 Å². The molecule has 0 saturated carbocycles. The number of methoxy groups -OCH3 is 2. The number of nitro groups is 1. The van der Waals surface area contributed by atoms with E-state index in [0.29, 0.717) is 17.2 Å². The van der Waals surface area contributed by atoms with E-state index in [2.05, 4.69) is 5.32 Å². The highest BCUT2D eigenvalue weighted by Gasteiger charge is 2.37. The molecule has 0 atom stereocenters. The third-order valence-corrected chi connectivity index (χ3v) is 5.10. The average molecular weight is 447 g/mol. The van der Waals surface area contributed by atoms with Gasteiger partial charge in [0.1, 0.15) is 11.5 Å². The van der Waals surface area contributed by atoms with Gasteiger partial charge in [-0.3, -0.25) is 24.5 Å². The number of nitro benzene ring substituents is 1. The summed E-state index contributed by atoms with van der Waals surface area (Å²) in [5.74, 6) is -0.915. The van der Waals surface area contributed by atoms with E-state index < -0.39 is 22.6 Å². The molecule has 0 radical (unpaired) electrons. The Labute approximate surface area is 187 Å². The van der Waals surface area contributed by atoms with Crippen molar-refractivity contribution in [1.29, 1.82) is 0 Å². The molecule has 3 aromatic rings. The number of carbonyl (C=O) groups excluding carboxylic acids is 3. The molecule has 3 aromatic carbocycles. The maximum atomic E-state index is 13.0. The lowest BCUT2D eigenvalue weighted by Crippen LogP contribution is -2.29. The fourth-order valence-corrected chi connectivity index (χ4v) is 3.47. The lowest BCUT2D eigenvalue weighted by molar-refractivity contribution is -0.384. The number of imide groups is 1. The maximum Gasteiger partial charge on any atom is 0.271 e. The number of hydrogen-bond acceptors (Lipinski definition) is 7. The van der Waals surface area contributed by atoms with Crippen molar-refractivity contribution in [2.45, 2.75) is 0 Å². The van der Waals surface area contributed by atoms with Crippen molar-refractivity contribution in [2.75, 3.05) is 24.4 Å². The Morgan fingerprint density at radius 2 is 1.70 bits per heavy atom. The molecule has 1 heterocycles. The molecule has 1 N–H and O–H groups in total. The molecule has 0 bridgehead atoms. The predicted octanol–water partition coefficient (Wildman–Crippen LogP) is 3.66. The zero-order valence-corrected chi connectivity index (χ0v) is 17.5. The first-order chi connectivity index (χ1) is 15.8. The molecule has 0 unspecified atom stereocenters.